The normalized spacial score (nSPS) is 11.9. The Morgan fingerprint density at radius 3 is 1.08 bits per heavy atom. The van der Waals surface area contributed by atoms with Crippen molar-refractivity contribution >= 4 is 0 Å². The molecule has 1 aliphatic carbocycles. The van der Waals surface area contributed by atoms with E-state index in [0.29, 0.717) is 5.82 Å². The Balaban J connectivity index is 0.926. The van der Waals surface area contributed by atoms with Crippen LogP contribution < -0.4 is 0 Å². The third kappa shape index (κ3) is 7.05. The molecule has 0 saturated heterocycles. The molecule has 0 saturated carbocycles. The Kier molecular flexibility index (Phi) is 9.29. The van der Waals surface area contributed by atoms with Crippen LogP contribution in [0.25, 0.3) is 89.5 Å². The molecule has 9 aromatic carbocycles. The molecule has 1 aliphatic rings. The van der Waals surface area contributed by atoms with Crippen molar-refractivity contribution in [3.8, 4) is 89.5 Å². The van der Waals surface area contributed by atoms with Crippen molar-refractivity contribution in [2.75, 3.05) is 0 Å². The minimum absolute atomic E-state index is 0.236. The zero-order valence-corrected chi connectivity index (χ0v) is 33.5. The molecule has 2 nitrogen and oxygen atoms in total. The maximum atomic E-state index is 5.22. The van der Waals surface area contributed by atoms with E-state index in [0.717, 1.165) is 44.8 Å². The first-order valence-electron chi connectivity index (χ1n) is 20.9. The molecule has 10 aromatic rings. The lowest BCUT2D eigenvalue weighted by atomic mass is 9.88. The minimum Gasteiger partial charge on any atom is -0.228 e. The Morgan fingerprint density at radius 2 is 0.590 bits per heavy atom. The van der Waals surface area contributed by atoms with Gasteiger partial charge in [-0.15, -0.1) is 0 Å². The SMILES string of the molecule is c1ccc(-c2cccc(-c3ccc(-c4cc(-c5ccc(-c6ccc(C7c8ccccc8-c8ccccc87)cc6)cc5)nc(-c5cccc(-c6ccccc6)c5)n4)cc3)c2)cc1. The van der Waals surface area contributed by atoms with Crippen LogP contribution >= 0.6 is 0 Å². The molecule has 0 bridgehead atoms. The first-order valence-corrected chi connectivity index (χ1v) is 20.9. The average Bonchev–Trinajstić information content (AvgIpc) is 3.69. The molecule has 0 spiro atoms. The van der Waals surface area contributed by atoms with E-state index >= 15 is 0 Å². The highest BCUT2D eigenvalue weighted by molar-refractivity contribution is 5.82. The largest absolute Gasteiger partial charge is 0.228 e. The van der Waals surface area contributed by atoms with Gasteiger partial charge in [0.05, 0.1) is 11.4 Å². The Labute approximate surface area is 357 Å². The van der Waals surface area contributed by atoms with Crippen molar-refractivity contribution in [3.05, 3.63) is 253 Å². The zero-order valence-electron chi connectivity index (χ0n) is 33.5. The highest BCUT2D eigenvalue weighted by atomic mass is 14.9. The molecule has 286 valence electrons. The molecular weight excluding hydrogens is 737 g/mol. The smallest absolute Gasteiger partial charge is 0.160 e. The molecule has 0 aliphatic heterocycles. The fraction of sp³-hybridized carbons (Fsp3) is 0.0169. The molecule has 2 heteroatoms. The van der Waals surface area contributed by atoms with Crippen LogP contribution in [0.3, 0.4) is 0 Å². The quantitative estimate of drug-likeness (QED) is 0.154. The molecule has 0 atom stereocenters. The number of fused-ring (bicyclic) bond motifs is 3. The summed E-state index contributed by atoms with van der Waals surface area (Å²) in [7, 11) is 0. The molecule has 61 heavy (non-hydrogen) atoms. The summed E-state index contributed by atoms with van der Waals surface area (Å²) >= 11 is 0. The van der Waals surface area contributed by atoms with E-state index in [1.165, 1.54) is 55.6 Å². The highest BCUT2D eigenvalue weighted by Crippen LogP contribution is 2.48. The number of hydrogen-bond donors (Lipinski definition) is 0. The van der Waals surface area contributed by atoms with Crippen LogP contribution in [-0.4, -0.2) is 9.97 Å². The monoisotopic (exact) mass is 776 g/mol. The zero-order chi connectivity index (χ0) is 40.5. The van der Waals surface area contributed by atoms with Crippen molar-refractivity contribution in [3.63, 3.8) is 0 Å². The van der Waals surface area contributed by atoms with E-state index in [-0.39, 0.29) is 5.92 Å². The van der Waals surface area contributed by atoms with Crippen LogP contribution in [0.4, 0.5) is 0 Å². The van der Waals surface area contributed by atoms with Gasteiger partial charge in [-0.1, -0.05) is 218 Å². The fourth-order valence-corrected chi connectivity index (χ4v) is 8.90. The molecule has 0 unspecified atom stereocenters. The molecular formula is C59H40N2. The lowest BCUT2D eigenvalue weighted by molar-refractivity contribution is 1.02. The average molecular weight is 777 g/mol. The van der Waals surface area contributed by atoms with Gasteiger partial charge in [-0.2, -0.15) is 0 Å². The van der Waals surface area contributed by atoms with Crippen LogP contribution in [0.2, 0.25) is 0 Å². The third-order valence-electron chi connectivity index (χ3n) is 12.0. The number of benzene rings is 9. The summed E-state index contributed by atoms with van der Waals surface area (Å²) in [4.78, 5) is 10.4. The molecule has 0 amide bonds. The van der Waals surface area contributed by atoms with Gasteiger partial charge in [0.25, 0.3) is 0 Å². The van der Waals surface area contributed by atoms with Crippen LogP contribution in [0.5, 0.6) is 0 Å². The van der Waals surface area contributed by atoms with Crippen LogP contribution in [0.1, 0.15) is 22.6 Å². The third-order valence-corrected chi connectivity index (χ3v) is 12.0. The Morgan fingerprint density at radius 1 is 0.246 bits per heavy atom. The van der Waals surface area contributed by atoms with Gasteiger partial charge in [-0.3, -0.25) is 0 Å². The summed E-state index contributed by atoms with van der Waals surface area (Å²) in [5.41, 5.74) is 20.9. The van der Waals surface area contributed by atoms with Crippen molar-refractivity contribution in [2.45, 2.75) is 5.92 Å². The Bertz CT molecular complexity index is 3110. The van der Waals surface area contributed by atoms with Crippen molar-refractivity contribution in [2.24, 2.45) is 0 Å². The number of aromatic nitrogens is 2. The van der Waals surface area contributed by atoms with Gasteiger partial charge < -0.3 is 0 Å². The summed E-state index contributed by atoms with van der Waals surface area (Å²) in [6, 6.07) is 84.7. The van der Waals surface area contributed by atoms with E-state index < -0.39 is 0 Å². The summed E-state index contributed by atoms with van der Waals surface area (Å²) < 4.78 is 0. The van der Waals surface area contributed by atoms with Crippen LogP contribution in [0.15, 0.2) is 237 Å². The predicted molar refractivity (Wildman–Crippen MR) is 253 cm³/mol. The lowest BCUT2D eigenvalue weighted by Gasteiger charge is -2.15. The van der Waals surface area contributed by atoms with E-state index in [9.17, 15) is 0 Å². The van der Waals surface area contributed by atoms with Crippen LogP contribution in [0, 0.1) is 0 Å². The second kappa shape index (κ2) is 15.7. The number of nitrogens with zero attached hydrogens (tertiary/aromatic N) is 2. The standard InChI is InChI=1S/C59H40N2/c1-3-13-40(14-4-1)48-17-11-18-49(37-48)44-27-33-46(34-28-44)57-39-56(60-59(61-57)51-20-12-19-50(38-51)41-15-5-2-6-16-41)45-31-25-42(26-32-45)43-29-35-47(36-30-43)58-54-23-9-7-21-52(54)53-22-8-10-24-55(53)58/h1-39,58H. The van der Waals surface area contributed by atoms with Gasteiger partial charge in [0.2, 0.25) is 0 Å². The Hall–Kier alpha value is -7.94. The van der Waals surface area contributed by atoms with Gasteiger partial charge in [0.15, 0.2) is 5.82 Å². The maximum absolute atomic E-state index is 5.22. The molecule has 0 radical (unpaired) electrons. The van der Waals surface area contributed by atoms with E-state index in [4.69, 9.17) is 9.97 Å². The van der Waals surface area contributed by atoms with E-state index in [2.05, 4.69) is 231 Å². The molecule has 0 fully saturated rings. The number of hydrogen-bond acceptors (Lipinski definition) is 2. The minimum atomic E-state index is 0.236. The van der Waals surface area contributed by atoms with Gasteiger partial charge in [-0.25, -0.2) is 9.97 Å². The lowest BCUT2D eigenvalue weighted by Crippen LogP contribution is -1.99. The molecule has 11 rings (SSSR count). The van der Waals surface area contributed by atoms with E-state index in [1.807, 2.05) is 6.07 Å². The maximum Gasteiger partial charge on any atom is 0.160 e. The first-order chi connectivity index (χ1) is 30.2. The molecule has 1 heterocycles. The van der Waals surface area contributed by atoms with Gasteiger partial charge >= 0.3 is 0 Å². The second-order valence-electron chi connectivity index (χ2n) is 15.7. The molecule has 0 N–H and O–H groups in total. The fourth-order valence-electron chi connectivity index (χ4n) is 8.90. The summed E-state index contributed by atoms with van der Waals surface area (Å²) in [6.07, 6.45) is 0. The summed E-state index contributed by atoms with van der Waals surface area (Å²) in [5, 5.41) is 0. The second-order valence-corrected chi connectivity index (χ2v) is 15.7. The molecule has 1 aromatic heterocycles. The van der Waals surface area contributed by atoms with Gasteiger partial charge in [0, 0.05) is 22.6 Å². The van der Waals surface area contributed by atoms with Crippen molar-refractivity contribution in [1.29, 1.82) is 0 Å². The van der Waals surface area contributed by atoms with Gasteiger partial charge in [-0.05, 0) is 90.5 Å². The summed E-state index contributed by atoms with van der Waals surface area (Å²) in [6.45, 7) is 0. The highest BCUT2D eigenvalue weighted by Gasteiger charge is 2.29. The van der Waals surface area contributed by atoms with Gasteiger partial charge in [0.1, 0.15) is 0 Å². The first kappa shape index (κ1) is 36.2. The topological polar surface area (TPSA) is 25.8 Å². The summed E-state index contributed by atoms with van der Waals surface area (Å²) in [5.74, 6) is 0.931. The van der Waals surface area contributed by atoms with Crippen molar-refractivity contribution in [1.82, 2.24) is 9.97 Å². The van der Waals surface area contributed by atoms with Crippen LogP contribution in [-0.2, 0) is 0 Å². The predicted octanol–water partition coefficient (Wildman–Crippen LogP) is 15.3. The van der Waals surface area contributed by atoms with E-state index in [1.54, 1.807) is 0 Å². The van der Waals surface area contributed by atoms with Crippen molar-refractivity contribution < 1.29 is 0 Å². The number of rotatable bonds is 8.